The van der Waals surface area contributed by atoms with Crippen LogP contribution in [0.1, 0.15) is 40.7 Å². The van der Waals surface area contributed by atoms with Crippen molar-refractivity contribution >= 4 is 28.4 Å². The first kappa shape index (κ1) is 20.8. The number of likely N-dealkylation sites (tertiary alicyclic amines) is 1. The van der Waals surface area contributed by atoms with Crippen LogP contribution in [-0.2, 0) is 11.3 Å². The normalized spacial score (nSPS) is 13.9. The number of nitrogens with one attached hydrogen (secondary N) is 1. The van der Waals surface area contributed by atoms with Gasteiger partial charge in [0.25, 0.3) is 11.5 Å². The molecule has 2 aromatic carbocycles. The third-order valence-corrected chi connectivity index (χ3v) is 6.07. The summed E-state index contributed by atoms with van der Waals surface area (Å²) in [5, 5.41) is 3.60. The van der Waals surface area contributed by atoms with E-state index < -0.39 is 0 Å². The maximum atomic E-state index is 13.1. The number of piperidine rings is 1. The Balaban J connectivity index is 1.67. The molecule has 0 bridgehead atoms. The molecular weight excluding hydrogens is 390 g/mol. The minimum absolute atomic E-state index is 0.111. The number of para-hydroxylation sites is 1. The summed E-state index contributed by atoms with van der Waals surface area (Å²) in [6.07, 6.45) is 3.10. The number of benzene rings is 2. The zero-order valence-electron chi connectivity index (χ0n) is 18.0. The lowest BCUT2D eigenvalue weighted by Gasteiger charge is -2.27. The van der Waals surface area contributed by atoms with Crippen molar-refractivity contribution in [2.45, 2.75) is 39.7 Å². The standard InChI is InChI=1S/C25H27N3O3/c1-17-9-8-11-21(18(17)2)26-23(29)16-28-22-12-5-4-10-19(22)20(15-24(28)30)25(31)27-13-6-3-7-14-27/h4-5,8-12,15H,3,6-7,13-14,16H2,1-2H3,(H,26,29). The Bertz CT molecular complexity index is 1210. The Morgan fingerprint density at radius 2 is 1.71 bits per heavy atom. The molecule has 0 aliphatic carbocycles. The van der Waals surface area contributed by atoms with Crippen LogP contribution in [0.4, 0.5) is 5.69 Å². The smallest absolute Gasteiger partial charge is 0.254 e. The summed E-state index contributed by atoms with van der Waals surface area (Å²) >= 11 is 0. The molecule has 31 heavy (non-hydrogen) atoms. The van der Waals surface area contributed by atoms with Crippen LogP contribution in [0.15, 0.2) is 53.3 Å². The van der Waals surface area contributed by atoms with Crippen molar-refractivity contribution in [2.75, 3.05) is 18.4 Å². The van der Waals surface area contributed by atoms with E-state index in [4.69, 9.17) is 0 Å². The summed E-state index contributed by atoms with van der Waals surface area (Å²) in [6.45, 7) is 5.25. The maximum Gasteiger partial charge on any atom is 0.254 e. The lowest BCUT2D eigenvalue weighted by atomic mass is 10.0. The molecule has 1 fully saturated rings. The van der Waals surface area contributed by atoms with Crippen molar-refractivity contribution < 1.29 is 9.59 Å². The van der Waals surface area contributed by atoms with Crippen molar-refractivity contribution in [2.24, 2.45) is 0 Å². The SMILES string of the molecule is Cc1cccc(NC(=O)Cn2c(=O)cc(C(=O)N3CCCCC3)c3ccccc32)c1C. The Hall–Kier alpha value is -3.41. The number of carbonyl (C=O) groups excluding carboxylic acids is 2. The molecule has 0 saturated carbocycles. The van der Waals surface area contributed by atoms with E-state index in [1.165, 1.54) is 10.6 Å². The van der Waals surface area contributed by atoms with Crippen molar-refractivity contribution in [3.63, 3.8) is 0 Å². The molecule has 6 nitrogen and oxygen atoms in total. The summed E-state index contributed by atoms with van der Waals surface area (Å²) < 4.78 is 1.43. The monoisotopic (exact) mass is 417 g/mol. The van der Waals surface area contributed by atoms with Gasteiger partial charge in [-0.2, -0.15) is 0 Å². The van der Waals surface area contributed by atoms with Gasteiger partial charge in [0, 0.05) is 30.2 Å². The summed E-state index contributed by atoms with van der Waals surface area (Å²) in [6, 6.07) is 14.4. The Morgan fingerprint density at radius 1 is 0.968 bits per heavy atom. The quantitative estimate of drug-likeness (QED) is 0.700. The molecule has 0 radical (unpaired) electrons. The number of hydrogen-bond donors (Lipinski definition) is 1. The lowest BCUT2D eigenvalue weighted by Crippen LogP contribution is -2.37. The third kappa shape index (κ3) is 4.24. The summed E-state index contributed by atoms with van der Waals surface area (Å²) in [7, 11) is 0. The summed E-state index contributed by atoms with van der Waals surface area (Å²) in [5.74, 6) is -0.393. The average Bonchev–Trinajstić information content (AvgIpc) is 2.79. The number of rotatable bonds is 4. The van der Waals surface area contributed by atoms with Crippen molar-refractivity contribution in [1.29, 1.82) is 0 Å². The highest BCUT2D eigenvalue weighted by Gasteiger charge is 2.22. The maximum absolute atomic E-state index is 13.1. The molecule has 0 unspecified atom stereocenters. The van der Waals surface area contributed by atoms with Crippen molar-refractivity contribution in [3.05, 3.63) is 75.6 Å². The minimum atomic E-state index is -0.352. The van der Waals surface area contributed by atoms with Gasteiger partial charge in [-0.3, -0.25) is 19.0 Å². The number of anilines is 1. The predicted molar refractivity (Wildman–Crippen MR) is 123 cm³/mol. The zero-order chi connectivity index (χ0) is 22.0. The van der Waals surface area contributed by atoms with E-state index >= 15 is 0 Å². The Labute approximate surface area is 181 Å². The molecule has 160 valence electrons. The number of aromatic nitrogens is 1. The second kappa shape index (κ2) is 8.76. The van der Waals surface area contributed by atoms with Gasteiger partial charge in [-0.1, -0.05) is 30.3 Å². The first-order valence-electron chi connectivity index (χ1n) is 10.7. The molecule has 0 atom stereocenters. The third-order valence-electron chi connectivity index (χ3n) is 6.07. The molecule has 6 heteroatoms. The van der Waals surface area contributed by atoms with Gasteiger partial charge in [-0.25, -0.2) is 0 Å². The van der Waals surface area contributed by atoms with Gasteiger partial charge in [0.2, 0.25) is 5.91 Å². The van der Waals surface area contributed by atoms with Crippen LogP contribution >= 0.6 is 0 Å². The second-order valence-corrected chi connectivity index (χ2v) is 8.15. The largest absolute Gasteiger partial charge is 0.339 e. The van der Waals surface area contributed by atoms with Gasteiger partial charge in [-0.15, -0.1) is 0 Å². The van der Waals surface area contributed by atoms with E-state index in [1.54, 1.807) is 6.07 Å². The van der Waals surface area contributed by atoms with Gasteiger partial charge in [0.05, 0.1) is 11.1 Å². The van der Waals surface area contributed by atoms with Crippen molar-refractivity contribution in [1.82, 2.24) is 9.47 Å². The first-order valence-corrected chi connectivity index (χ1v) is 10.7. The van der Waals surface area contributed by atoms with Crippen LogP contribution < -0.4 is 10.9 Å². The molecule has 0 spiro atoms. The molecule has 4 rings (SSSR count). The fourth-order valence-electron chi connectivity index (χ4n) is 4.16. The Morgan fingerprint density at radius 3 is 2.48 bits per heavy atom. The number of carbonyl (C=O) groups is 2. The van der Waals surface area contributed by atoms with Crippen molar-refractivity contribution in [3.8, 4) is 0 Å². The van der Waals surface area contributed by atoms with Gasteiger partial charge in [-0.05, 0) is 56.4 Å². The second-order valence-electron chi connectivity index (χ2n) is 8.15. The highest BCUT2D eigenvalue weighted by atomic mass is 16.2. The van der Waals surface area contributed by atoms with Gasteiger partial charge in [0.15, 0.2) is 0 Å². The van der Waals surface area contributed by atoms with Crippen LogP contribution in [0, 0.1) is 13.8 Å². The van der Waals surface area contributed by atoms with Gasteiger partial charge < -0.3 is 10.2 Å². The van der Waals surface area contributed by atoms with E-state index in [0.717, 1.165) is 36.1 Å². The summed E-state index contributed by atoms with van der Waals surface area (Å²) in [5.41, 5.74) is 3.46. The van der Waals surface area contributed by atoms with E-state index in [0.29, 0.717) is 29.6 Å². The number of nitrogens with zero attached hydrogens (tertiary/aromatic N) is 2. The highest BCUT2D eigenvalue weighted by molar-refractivity contribution is 6.06. The molecule has 2 amide bonds. The molecule has 1 aliphatic heterocycles. The minimum Gasteiger partial charge on any atom is -0.339 e. The average molecular weight is 418 g/mol. The molecule has 1 aliphatic rings. The topological polar surface area (TPSA) is 71.4 Å². The molecule has 1 aromatic heterocycles. The molecule has 2 heterocycles. The zero-order valence-corrected chi connectivity index (χ0v) is 18.0. The fraction of sp³-hybridized carbons (Fsp3) is 0.320. The van der Waals surface area contributed by atoms with E-state index in [1.807, 2.05) is 55.1 Å². The lowest BCUT2D eigenvalue weighted by molar-refractivity contribution is -0.116. The van der Waals surface area contributed by atoms with E-state index in [2.05, 4.69) is 5.32 Å². The van der Waals surface area contributed by atoms with Crippen LogP contribution in [0.25, 0.3) is 10.9 Å². The van der Waals surface area contributed by atoms with Gasteiger partial charge in [0.1, 0.15) is 6.54 Å². The summed E-state index contributed by atoms with van der Waals surface area (Å²) in [4.78, 5) is 40.7. The molecule has 1 N–H and O–H groups in total. The number of amides is 2. The highest BCUT2D eigenvalue weighted by Crippen LogP contribution is 2.21. The van der Waals surface area contributed by atoms with Crippen LogP contribution in [0.5, 0.6) is 0 Å². The van der Waals surface area contributed by atoms with Crippen LogP contribution in [0.2, 0.25) is 0 Å². The first-order chi connectivity index (χ1) is 15.0. The van der Waals surface area contributed by atoms with Crippen LogP contribution in [0.3, 0.4) is 0 Å². The van der Waals surface area contributed by atoms with E-state index in [-0.39, 0.29) is 23.9 Å². The number of pyridine rings is 1. The van der Waals surface area contributed by atoms with Gasteiger partial charge >= 0.3 is 0 Å². The number of hydrogen-bond acceptors (Lipinski definition) is 3. The predicted octanol–water partition coefficient (Wildman–Crippen LogP) is 3.88. The Kier molecular flexibility index (Phi) is 5.89. The molecule has 1 saturated heterocycles. The van der Waals surface area contributed by atoms with E-state index in [9.17, 15) is 14.4 Å². The number of aryl methyl sites for hydroxylation is 1. The van der Waals surface area contributed by atoms with Crippen LogP contribution in [-0.4, -0.2) is 34.4 Å². The fourth-order valence-corrected chi connectivity index (χ4v) is 4.16. The molecular formula is C25H27N3O3. The number of fused-ring (bicyclic) bond motifs is 1. The molecule has 3 aromatic rings.